The van der Waals surface area contributed by atoms with Gasteiger partial charge < -0.3 is 14.4 Å². The summed E-state index contributed by atoms with van der Waals surface area (Å²) >= 11 is 6.47. The molecule has 1 spiro atoms. The molecular formula is C40H52ClF3N4O5S. The smallest absolute Gasteiger partial charge is 0.401 e. The summed E-state index contributed by atoms with van der Waals surface area (Å²) < 4.78 is 82.3. The van der Waals surface area contributed by atoms with Crippen LogP contribution in [-0.4, -0.2) is 107 Å². The summed E-state index contributed by atoms with van der Waals surface area (Å²) in [5.41, 5.74) is 2.33. The average molecular weight is 793 g/mol. The van der Waals surface area contributed by atoms with E-state index in [1.807, 2.05) is 19.1 Å². The number of allylic oxidation sites excluding steroid dienone is 1. The van der Waals surface area contributed by atoms with Crippen LogP contribution in [0.25, 0.3) is 0 Å². The van der Waals surface area contributed by atoms with E-state index in [2.05, 4.69) is 32.7 Å². The molecule has 7 rings (SSSR count). The van der Waals surface area contributed by atoms with E-state index in [1.54, 1.807) is 32.2 Å². The van der Waals surface area contributed by atoms with Crippen molar-refractivity contribution in [1.82, 2.24) is 14.5 Å². The van der Waals surface area contributed by atoms with Crippen molar-refractivity contribution >= 4 is 33.2 Å². The summed E-state index contributed by atoms with van der Waals surface area (Å²) in [5, 5.41) is -0.166. The molecule has 54 heavy (non-hydrogen) atoms. The highest BCUT2D eigenvalue weighted by Gasteiger charge is 2.50. The molecule has 2 bridgehead atoms. The van der Waals surface area contributed by atoms with E-state index >= 15 is 0 Å². The Morgan fingerprint density at radius 2 is 1.81 bits per heavy atom. The third kappa shape index (κ3) is 8.03. The first kappa shape index (κ1) is 39.4. The molecule has 3 aliphatic heterocycles. The molecule has 1 saturated carbocycles. The number of benzene rings is 2. The minimum Gasteiger partial charge on any atom is -0.490 e. The molecule has 9 nitrogen and oxygen atoms in total. The van der Waals surface area contributed by atoms with Crippen molar-refractivity contribution in [2.75, 3.05) is 71.0 Å². The molecule has 0 radical (unpaired) electrons. The maximum atomic E-state index is 13.6. The second-order valence-electron chi connectivity index (χ2n) is 16.4. The Morgan fingerprint density at radius 3 is 2.52 bits per heavy atom. The van der Waals surface area contributed by atoms with E-state index in [1.165, 1.54) is 16.0 Å². The third-order valence-corrected chi connectivity index (χ3v) is 15.1. The van der Waals surface area contributed by atoms with Gasteiger partial charge in [0.05, 0.1) is 24.1 Å². The van der Waals surface area contributed by atoms with Crippen LogP contribution in [0, 0.1) is 17.8 Å². The first-order valence-corrected chi connectivity index (χ1v) is 21.1. The quantitative estimate of drug-likeness (QED) is 0.354. The van der Waals surface area contributed by atoms with Crippen LogP contribution in [-0.2, 0) is 26.6 Å². The molecule has 2 fully saturated rings. The van der Waals surface area contributed by atoms with Crippen molar-refractivity contribution in [3.8, 4) is 5.75 Å². The summed E-state index contributed by atoms with van der Waals surface area (Å²) in [6.07, 6.45) is 4.97. The fraction of sp³-hybridized carbons (Fsp3) is 0.625. The number of anilines is 1. The predicted molar refractivity (Wildman–Crippen MR) is 204 cm³/mol. The van der Waals surface area contributed by atoms with Gasteiger partial charge >= 0.3 is 6.18 Å². The summed E-state index contributed by atoms with van der Waals surface area (Å²) in [4.78, 5) is 19.6. The number of fused-ring (bicyclic) bond motifs is 4. The van der Waals surface area contributed by atoms with Gasteiger partial charge in [-0.1, -0.05) is 36.7 Å². The first-order chi connectivity index (χ1) is 25.6. The zero-order valence-corrected chi connectivity index (χ0v) is 32.9. The molecule has 1 amide bonds. The lowest BCUT2D eigenvalue weighted by molar-refractivity contribution is -0.151. The van der Waals surface area contributed by atoms with Gasteiger partial charge in [0.1, 0.15) is 11.4 Å². The summed E-state index contributed by atoms with van der Waals surface area (Å²) in [6, 6.07) is 11.3. The Bertz CT molecular complexity index is 1850. The van der Waals surface area contributed by atoms with E-state index < -0.39 is 39.5 Å². The van der Waals surface area contributed by atoms with Crippen molar-refractivity contribution in [2.45, 2.75) is 74.8 Å². The van der Waals surface area contributed by atoms with Gasteiger partial charge in [-0.05, 0) is 105 Å². The molecule has 3 heterocycles. The number of amides is 1. The molecule has 1 N–H and O–H groups in total. The topological polar surface area (TPSA) is 91.4 Å². The fourth-order valence-corrected chi connectivity index (χ4v) is 11.0. The second kappa shape index (κ2) is 15.2. The number of hydrogen-bond acceptors (Lipinski definition) is 8. The number of sulfonamides is 1. The standard InChI is InChI=1S/C40H52ClF3N4O5S/c1-27-6-4-15-39(52-3,24-46-16-18-47(19-17-46)25-40(42,43)44)34-11-8-31(34)22-48-23-38(14-5-7-29-20-32(41)10-12-33(29)38)26-53-36-13-9-30(21-35(36)48)37(49)45-54(50,51)28(27)2/h4,9-10,12-13,15,20-21,27-28,31,34H,5-8,11,14,16-19,22-26H2,1-3H3,(H,45,49)/b15-4+/t27-,28+,31-,34+,38-,39-/m0/s1. The lowest BCUT2D eigenvalue weighted by atomic mass is 9.63. The van der Waals surface area contributed by atoms with Gasteiger partial charge in [0, 0.05) is 68.9 Å². The summed E-state index contributed by atoms with van der Waals surface area (Å²) in [7, 11) is -2.32. The molecule has 0 aromatic heterocycles. The number of hydrogen-bond donors (Lipinski definition) is 1. The predicted octanol–water partition coefficient (Wildman–Crippen LogP) is 6.45. The Morgan fingerprint density at radius 1 is 1.06 bits per heavy atom. The molecular weight excluding hydrogens is 741 g/mol. The Labute approximate surface area is 322 Å². The van der Waals surface area contributed by atoms with E-state index in [4.69, 9.17) is 21.1 Å². The lowest BCUT2D eigenvalue weighted by Gasteiger charge is -2.52. The monoisotopic (exact) mass is 792 g/mol. The van der Waals surface area contributed by atoms with Crippen LogP contribution in [0.3, 0.4) is 0 Å². The lowest BCUT2D eigenvalue weighted by Crippen LogP contribution is -2.59. The molecule has 14 heteroatoms. The van der Waals surface area contributed by atoms with Gasteiger partial charge in [0.2, 0.25) is 10.0 Å². The number of rotatable bonds is 4. The number of nitrogens with zero attached hydrogens (tertiary/aromatic N) is 3. The number of methoxy groups -OCH3 is 1. The van der Waals surface area contributed by atoms with Crippen LogP contribution in [0.1, 0.15) is 67.4 Å². The van der Waals surface area contributed by atoms with Gasteiger partial charge in [0.25, 0.3) is 5.91 Å². The summed E-state index contributed by atoms with van der Waals surface area (Å²) in [5.74, 6) is -0.0758. The number of carbonyl (C=O) groups is 1. The molecule has 2 aliphatic carbocycles. The van der Waals surface area contributed by atoms with Gasteiger partial charge in [0.15, 0.2) is 0 Å². The van der Waals surface area contributed by atoms with E-state index in [9.17, 15) is 26.4 Å². The highest BCUT2D eigenvalue weighted by molar-refractivity contribution is 7.90. The maximum Gasteiger partial charge on any atom is 0.401 e. The van der Waals surface area contributed by atoms with Crippen molar-refractivity contribution in [1.29, 1.82) is 0 Å². The maximum absolute atomic E-state index is 13.6. The van der Waals surface area contributed by atoms with E-state index in [-0.39, 0.29) is 28.7 Å². The molecule has 5 aliphatic rings. The van der Waals surface area contributed by atoms with Crippen LogP contribution < -0.4 is 14.4 Å². The number of aryl methyl sites for hydroxylation is 1. The van der Waals surface area contributed by atoms with Crippen molar-refractivity contribution in [3.63, 3.8) is 0 Å². The van der Waals surface area contributed by atoms with Crippen molar-refractivity contribution in [2.24, 2.45) is 17.8 Å². The zero-order valence-electron chi connectivity index (χ0n) is 31.3. The van der Waals surface area contributed by atoms with Gasteiger partial charge in [-0.2, -0.15) is 13.2 Å². The van der Waals surface area contributed by atoms with E-state index in [0.29, 0.717) is 69.6 Å². The third-order valence-electron chi connectivity index (χ3n) is 13.0. The largest absolute Gasteiger partial charge is 0.490 e. The van der Waals surface area contributed by atoms with Crippen LogP contribution in [0.4, 0.5) is 18.9 Å². The van der Waals surface area contributed by atoms with Crippen molar-refractivity contribution in [3.05, 3.63) is 70.3 Å². The highest BCUT2D eigenvalue weighted by Crippen LogP contribution is 2.49. The number of halogens is 4. The van der Waals surface area contributed by atoms with Gasteiger partial charge in [-0.3, -0.25) is 14.6 Å². The Kier molecular flexibility index (Phi) is 11.1. The fourth-order valence-electron chi connectivity index (χ4n) is 9.52. The minimum atomic E-state index is -4.24. The molecule has 2 aromatic rings. The molecule has 6 atom stereocenters. The van der Waals surface area contributed by atoms with Crippen LogP contribution in [0.15, 0.2) is 48.6 Å². The average Bonchev–Trinajstić information content (AvgIpc) is 3.25. The Balaban J connectivity index is 1.26. The number of carbonyl (C=O) groups excluding carboxylic acids is 1. The van der Waals surface area contributed by atoms with Gasteiger partial charge in [-0.15, -0.1) is 0 Å². The van der Waals surface area contributed by atoms with Crippen molar-refractivity contribution < 1.29 is 35.9 Å². The van der Waals surface area contributed by atoms with Crippen LogP contribution >= 0.6 is 11.6 Å². The van der Waals surface area contributed by atoms with Gasteiger partial charge in [-0.25, -0.2) is 13.1 Å². The van der Waals surface area contributed by atoms with E-state index in [0.717, 1.165) is 37.8 Å². The number of nitrogens with one attached hydrogen (secondary N) is 1. The molecule has 0 unspecified atom stereocenters. The SMILES string of the molecule is CO[C@]1(CN2CCN(CC(F)(F)F)CC2)/C=C/C[C@H](C)[C@@H](C)S(=O)(=O)NC(=O)c2ccc3c(c2)N(C[C@@H]2CC[C@H]21)C[C@@]1(CCCc2cc(Cl)ccc21)CO3. The molecule has 2 aromatic carbocycles. The minimum absolute atomic E-state index is 0.0869. The summed E-state index contributed by atoms with van der Waals surface area (Å²) in [6.45, 7) is 6.41. The highest BCUT2D eigenvalue weighted by atomic mass is 35.5. The Hall–Kier alpha value is -2.84. The number of ether oxygens (including phenoxy) is 2. The zero-order chi connectivity index (χ0) is 38.5. The normalized spacial score (nSPS) is 32.7. The van der Waals surface area contributed by atoms with Crippen LogP contribution in [0.5, 0.6) is 5.75 Å². The molecule has 296 valence electrons. The molecule has 1 saturated heterocycles. The number of alkyl halides is 3. The number of piperazine rings is 1. The second-order valence-corrected chi connectivity index (χ2v) is 18.8. The van der Waals surface area contributed by atoms with Crippen LogP contribution in [0.2, 0.25) is 5.02 Å². The first-order valence-electron chi connectivity index (χ1n) is 19.2.